The van der Waals surface area contributed by atoms with Crippen LogP contribution in [0.3, 0.4) is 0 Å². The number of amides is 1. The maximum atomic E-state index is 12.7. The minimum Gasteiger partial charge on any atom is -0.496 e. The number of hydrogen-bond donors (Lipinski definition) is 2. The summed E-state index contributed by atoms with van der Waals surface area (Å²) in [5.74, 6) is -0.372. The van der Waals surface area contributed by atoms with Gasteiger partial charge in [-0.1, -0.05) is 23.7 Å². The van der Waals surface area contributed by atoms with Crippen LogP contribution in [0, 0.1) is 5.92 Å². The zero-order chi connectivity index (χ0) is 19.6. The maximum Gasteiger partial charge on any atom is 0.259 e. The standard InChI is InChI=1S/C19H20ClNO5S/c1-26-18-7-6-14(27(24,25)11-12-8-13(22)9-12)10-15(18)19(23)21-17-5-3-2-4-16(17)20/h2-7,10,12-13,22H,8-9,11H2,1H3,(H,21,23). The van der Waals surface area contributed by atoms with Crippen molar-refractivity contribution in [1.82, 2.24) is 0 Å². The molecule has 0 radical (unpaired) electrons. The molecule has 0 saturated heterocycles. The van der Waals surface area contributed by atoms with Gasteiger partial charge < -0.3 is 15.2 Å². The molecule has 0 aromatic heterocycles. The Balaban J connectivity index is 1.87. The molecule has 27 heavy (non-hydrogen) atoms. The third-order valence-electron chi connectivity index (χ3n) is 4.56. The molecule has 1 aliphatic rings. The number of benzene rings is 2. The van der Waals surface area contributed by atoms with E-state index in [4.69, 9.17) is 16.3 Å². The number of aliphatic hydroxyl groups is 1. The van der Waals surface area contributed by atoms with Gasteiger partial charge in [-0.15, -0.1) is 0 Å². The van der Waals surface area contributed by atoms with Crippen molar-refractivity contribution >= 4 is 33.0 Å². The van der Waals surface area contributed by atoms with Gasteiger partial charge in [0.2, 0.25) is 0 Å². The first kappa shape index (κ1) is 19.7. The number of nitrogens with one attached hydrogen (secondary N) is 1. The van der Waals surface area contributed by atoms with Crippen molar-refractivity contribution in [2.24, 2.45) is 5.92 Å². The normalized spacial score (nSPS) is 19.2. The average Bonchev–Trinajstić information content (AvgIpc) is 2.61. The molecule has 0 atom stereocenters. The van der Waals surface area contributed by atoms with E-state index in [-0.39, 0.29) is 27.9 Å². The van der Waals surface area contributed by atoms with Crippen molar-refractivity contribution in [2.75, 3.05) is 18.2 Å². The van der Waals surface area contributed by atoms with Gasteiger partial charge >= 0.3 is 0 Å². The van der Waals surface area contributed by atoms with E-state index in [1.165, 1.54) is 25.3 Å². The number of anilines is 1. The molecule has 1 saturated carbocycles. The van der Waals surface area contributed by atoms with E-state index in [1.807, 2.05) is 0 Å². The summed E-state index contributed by atoms with van der Waals surface area (Å²) < 4.78 is 30.5. The molecular formula is C19H20ClNO5S. The first-order chi connectivity index (χ1) is 12.8. The second-order valence-corrected chi connectivity index (χ2v) is 9.01. The lowest BCUT2D eigenvalue weighted by Gasteiger charge is -2.30. The number of sulfone groups is 1. The quantitative estimate of drug-likeness (QED) is 0.764. The molecule has 2 aromatic carbocycles. The van der Waals surface area contributed by atoms with Gasteiger partial charge in [0.05, 0.1) is 40.1 Å². The van der Waals surface area contributed by atoms with Gasteiger partial charge in [-0.05, 0) is 49.1 Å². The Morgan fingerprint density at radius 2 is 1.96 bits per heavy atom. The lowest BCUT2D eigenvalue weighted by molar-refractivity contribution is 0.0526. The van der Waals surface area contributed by atoms with Crippen LogP contribution in [0.4, 0.5) is 5.69 Å². The summed E-state index contributed by atoms with van der Waals surface area (Å²) >= 11 is 6.06. The Kier molecular flexibility index (Phi) is 5.74. The van der Waals surface area contributed by atoms with E-state index in [1.54, 1.807) is 24.3 Å². The number of hydrogen-bond acceptors (Lipinski definition) is 5. The molecule has 144 valence electrons. The number of methoxy groups -OCH3 is 1. The first-order valence-corrected chi connectivity index (χ1v) is 10.5. The molecule has 8 heteroatoms. The minimum atomic E-state index is -3.58. The van der Waals surface area contributed by atoms with E-state index in [0.717, 1.165) is 0 Å². The number of carbonyl (C=O) groups is 1. The highest BCUT2D eigenvalue weighted by Crippen LogP contribution is 2.32. The van der Waals surface area contributed by atoms with Crippen molar-refractivity contribution in [3.05, 3.63) is 53.1 Å². The lowest BCUT2D eigenvalue weighted by atomic mass is 9.84. The van der Waals surface area contributed by atoms with Crippen molar-refractivity contribution in [3.63, 3.8) is 0 Å². The summed E-state index contributed by atoms with van der Waals surface area (Å²) in [6.07, 6.45) is 0.544. The fourth-order valence-electron chi connectivity index (χ4n) is 3.05. The summed E-state index contributed by atoms with van der Waals surface area (Å²) in [5.41, 5.74) is 0.523. The zero-order valence-corrected chi connectivity index (χ0v) is 16.3. The van der Waals surface area contributed by atoms with Crippen molar-refractivity contribution in [3.8, 4) is 5.75 Å². The highest BCUT2D eigenvalue weighted by atomic mass is 35.5. The van der Waals surface area contributed by atoms with Crippen molar-refractivity contribution in [1.29, 1.82) is 0 Å². The van der Waals surface area contributed by atoms with Crippen molar-refractivity contribution in [2.45, 2.75) is 23.8 Å². The van der Waals surface area contributed by atoms with Gasteiger partial charge in [0.15, 0.2) is 9.84 Å². The number of rotatable bonds is 6. The summed E-state index contributed by atoms with van der Waals surface area (Å²) in [4.78, 5) is 12.7. The molecule has 0 bridgehead atoms. The Labute approximate surface area is 163 Å². The van der Waals surface area contributed by atoms with Gasteiger partial charge in [0.25, 0.3) is 5.91 Å². The summed E-state index contributed by atoms with van der Waals surface area (Å²) in [5, 5.41) is 12.4. The van der Waals surface area contributed by atoms with Crippen LogP contribution >= 0.6 is 11.6 Å². The van der Waals surface area contributed by atoms with E-state index >= 15 is 0 Å². The number of carbonyl (C=O) groups excluding carboxylic acids is 1. The second-order valence-electron chi connectivity index (χ2n) is 6.57. The van der Waals surface area contributed by atoms with Crippen LogP contribution in [0.25, 0.3) is 0 Å². The van der Waals surface area contributed by atoms with Crippen LogP contribution in [0.5, 0.6) is 5.75 Å². The molecule has 0 unspecified atom stereocenters. The molecule has 0 aliphatic heterocycles. The predicted octanol–water partition coefficient (Wildman–Crippen LogP) is 3.15. The Morgan fingerprint density at radius 3 is 2.59 bits per heavy atom. The molecule has 1 amide bonds. The Morgan fingerprint density at radius 1 is 1.26 bits per heavy atom. The second kappa shape index (κ2) is 7.88. The molecule has 6 nitrogen and oxygen atoms in total. The van der Waals surface area contributed by atoms with Gasteiger partial charge in [-0.2, -0.15) is 0 Å². The molecule has 3 rings (SSSR count). The predicted molar refractivity (Wildman–Crippen MR) is 103 cm³/mol. The number of halogens is 1. The lowest BCUT2D eigenvalue weighted by Crippen LogP contribution is -2.33. The van der Waals surface area contributed by atoms with E-state index in [9.17, 15) is 18.3 Å². The number of para-hydroxylation sites is 1. The first-order valence-electron chi connectivity index (χ1n) is 8.45. The van der Waals surface area contributed by atoms with Gasteiger partial charge in [-0.25, -0.2) is 8.42 Å². The molecule has 1 aliphatic carbocycles. The van der Waals surface area contributed by atoms with E-state index in [0.29, 0.717) is 23.6 Å². The SMILES string of the molecule is COc1ccc(S(=O)(=O)CC2CC(O)C2)cc1C(=O)Nc1ccccc1Cl. The average molecular weight is 410 g/mol. The molecular weight excluding hydrogens is 390 g/mol. The summed E-state index contributed by atoms with van der Waals surface area (Å²) in [6, 6.07) is 11.0. The Hall–Kier alpha value is -2.09. The number of ether oxygens (including phenoxy) is 1. The molecule has 0 heterocycles. The molecule has 1 fully saturated rings. The van der Waals surface area contributed by atoms with Crippen LogP contribution < -0.4 is 10.1 Å². The summed E-state index contributed by atoms with van der Waals surface area (Å²) in [7, 11) is -2.17. The van der Waals surface area contributed by atoms with Crippen LogP contribution in [0.15, 0.2) is 47.4 Å². The third-order valence-corrected chi connectivity index (χ3v) is 6.77. The highest BCUT2D eigenvalue weighted by Gasteiger charge is 2.32. The monoisotopic (exact) mass is 409 g/mol. The van der Waals surface area contributed by atoms with Crippen LogP contribution in [-0.2, 0) is 9.84 Å². The van der Waals surface area contributed by atoms with Crippen LogP contribution in [0.1, 0.15) is 23.2 Å². The van der Waals surface area contributed by atoms with Crippen LogP contribution in [-0.4, -0.2) is 38.4 Å². The van der Waals surface area contributed by atoms with Crippen molar-refractivity contribution < 1.29 is 23.1 Å². The largest absolute Gasteiger partial charge is 0.496 e. The topological polar surface area (TPSA) is 92.7 Å². The smallest absolute Gasteiger partial charge is 0.259 e. The van der Waals surface area contributed by atoms with Gasteiger partial charge in [0, 0.05) is 0 Å². The number of aliphatic hydroxyl groups excluding tert-OH is 1. The molecule has 2 N–H and O–H groups in total. The Bertz CT molecular complexity index is 954. The molecule has 0 spiro atoms. The fraction of sp³-hybridized carbons (Fsp3) is 0.316. The van der Waals surface area contributed by atoms with E-state index < -0.39 is 21.8 Å². The minimum absolute atomic E-state index is 0.0500. The van der Waals surface area contributed by atoms with Gasteiger partial charge in [-0.3, -0.25) is 4.79 Å². The third kappa shape index (κ3) is 4.43. The fourth-order valence-corrected chi connectivity index (χ4v) is 4.89. The zero-order valence-electron chi connectivity index (χ0n) is 14.7. The summed E-state index contributed by atoms with van der Waals surface area (Å²) in [6.45, 7) is 0. The highest BCUT2D eigenvalue weighted by molar-refractivity contribution is 7.91. The van der Waals surface area contributed by atoms with Crippen LogP contribution in [0.2, 0.25) is 5.02 Å². The van der Waals surface area contributed by atoms with Gasteiger partial charge in [0.1, 0.15) is 5.75 Å². The molecule has 2 aromatic rings. The maximum absolute atomic E-state index is 12.7. The van der Waals surface area contributed by atoms with E-state index in [2.05, 4.69) is 5.32 Å².